The number of rotatable bonds is 8. The first-order valence-electron chi connectivity index (χ1n) is 6.70. The van der Waals surface area contributed by atoms with Crippen LogP contribution < -0.4 is 0 Å². The molecule has 0 saturated carbocycles. The topological polar surface area (TPSA) is 64.3 Å². The fourth-order valence-electron chi connectivity index (χ4n) is 2.01. The summed E-state index contributed by atoms with van der Waals surface area (Å²) in [5.74, 6) is -1.42. The van der Waals surface area contributed by atoms with E-state index in [1.807, 2.05) is 11.5 Å². The van der Waals surface area contributed by atoms with Crippen molar-refractivity contribution < 1.29 is 19.0 Å². The minimum absolute atomic E-state index is 0.101. The number of carboxylic acids is 1. The Morgan fingerprint density at radius 3 is 3.05 bits per heavy atom. The summed E-state index contributed by atoms with van der Waals surface area (Å²) in [6.07, 6.45) is 0.760. The van der Waals surface area contributed by atoms with E-state index >= 15 is 0 Å². The predicted molar refractivity (Wildman–Crippen MR) is 79.2 cm³/mol. The fourth-order valence-corrected chi connectivity index (χ4v) is 2.77. The number of fused-ring (bicyclic) bond motifs is 1. The summed E-state index contributed by atoms with van der Waals surface area (Å²) in [7, 11) is 0. The van der Waals surface area contributed by atoms with E-state index in [0.29, 0.717) is 30.4 Å². The minimum atomic E-state index is -0.923. The molecule has 2 aromatic rings. The molecular formula is C14H17FN2O3S. The number of nitrogens with zero attached hydrogens (tertiary/aromatic N) is 2. The van der Waals surface area contributed by atoms with E-state index in [-0.39, 0.29) is 11.3 Å². The molecule has 1 N–H and O–H groups in total. The van der Waals surface area contributed by atoms with Crippen LogP contribution in [0.25, 0.3) is 11.0 Å². The van der Waals surface area contributed by atoms with Crippen molar-refractivity contribution in [3.8, 4) is 0 Å². The number of hydrogen-bond acceptors (Lipinski definition) is 4. The first kappa shape index (κ1) is 15.8. The van der Waals surface area contributed by atoms with Gasteiger partial charge in [0.15, 0.2) is 11.0 Å². The molecule has 1 heterocycles. The first-order chi connectivity index (χ1) is 10.1. The molecule has 7 heteroatoms. The number of aromatic nitrogens is 2. The van der Waals surface area contributed by atoms with Crippen LogP contribution in [0.5, 0.6) is 0 Å². The number of carbonyl (C=O) groups is 1. The van der Waals surface area contributed by atoms with Gasteiger partial charge in [-0.25, -0.2) is 9.37 Å². The molecule has 1 aromatic heterocycles. The molecule has 1 aromatic carbocycles. The molecular weight excluding hydrogens is 295 g/mol. The van der Waals surface area contributed by atoms with Crippen LogP contribution in [0, 0.1) is 5.82 Å². The highest BCUT2D eigenvalue weighted by Crippen LogP contribution is 2.26. The third kappa shape index (κ3) is 3.95. The number of hydrogen-bond donors (Lipinski definition) is 1. The normalized spacial score (nSPS) is 11.1. The Morgan fingerprint density at radius 1 is 1.52 bits per heavy atom. The Morgan fingerprint density at radius 2 is 2.33 bits per heavy atom. The van der Waals surface area contributed by atoms with Gasteiger partial charge in [0.2, 0.25) is 0 Å². The Kier molecular flexibility index (Phi) is 5.58. The van der Waals surface area contributed by atoms with Crippen molar-refractivity contribution in [1.82, 2.24) is 9.55 Å². The minimum Gasteiger partial charge on any atom is -0.481 e. The highest BCUT2D eigenvalue weighted by Gasteiger charge is 2.15. The molecule has 0 aliphatic rings. The van der Waals surface area contributed by atoms with Crippen LogP contribution in [0.1, 0.15) is 13.3 Å². The smallest absolute Gasteiger partial charge is 0.313 e. The average molecular weight is 312 g/mol. The van der Waals surface area contributed by atoms with Gasteiger partial charge in [0.25, 0.3) is 0 Å². The highest BCUT2D eigenvalue weighted by atomic mass is 32.2. The number of carboxylic acid groups (broad SMARTS) is 1. The van der Waals surface area contributed by atoms with Gasteiger partial charge in [0.05, 0.1) is 11.3 Å². The van der Waals surface area contributed by atoms with E-state index in [0.717, 1.165) is 18.2 Å². The van der Waals surface area contributed by atoms with Crippen LogP contribution in [-0.2, 0) is 16.1 Å². The summed E-state index contributed by atoms with van der Waals surface area (Å²) in [6, 6.07) is 4.77. The SMILES string of the molecule is CCOCCCn1c(SCC(=O)O)nc2c(F)cccc21. The van der Waals surface area contributed by atoms with Crippen molar-refractivity contribution in [2.24, 2.45) is 0 Å². The first-order valence-corrected chi connectivity index (χ1v) is 7.69. The number of thioether (sulfide) groups is 1. The number of imidazole rings is 1. The van der Waals surface area contributed by atoms with Crippen LogP contribution in [0.15, 0.2) is 23.4 Å². The van der Waals surface area contributed by atoms with E-state index < -0.39 is 11.8 Å². The van der Waals surface area contributed by atoms with Crippen molar-refractivity contribution in [2.75, 3.05) is 19.0 Å². The largest absolute Gasteiger partial charge is 0.481 e. The maximum absolute atomic E-state index is 13.8. The molecule has 0 unspecified atom stereocenters. The Bertz CT molecular complexity index is 630. The molecule has 0 fully saturated rings. The number of para-hydroxylation sites is 1. The van der Waals surface area contributed by atoms with Crippen molar-refractivity contribution in [3.05, 3.63) is 24.0 Å². The van der Waals surface area contributed by atoms with E-state index in [4.69, 9.17) is 9.84 Å². The van der Waals surface area contributed by atoms with Crippen molar-refractivity contribution >= 4 is 28.8 Å². The van der Waals surface area contributed by atoms with Crippen molar-refractivity contribution in [2.45, 2.75) is 25.0 Å². The van der Waals surface area contributed by atoms with Gasteiger partial charge in [-0.2, -0.15) is 0 Å². The summed E-state index contributed by atoms with van der Waals surface area (Å²) in [4.78, 5) is 14.9. The third-order valence-corrected chi connectivity index (χ3v) is 3.86. The lowest BCUT2D eigenvalue weighted by Crippen LogP contribution is -2.06. The van der Waals surface area contributed by atoms with Crippen LogP contribution in [0.4, 0.5) is 4.39 Å². The fraction of sp³-hybridized carbons (Fsp3) is 0.429. The summed E-state index contributed by atoms with van der Waals surface area (Å²) in [5.41, 5.74) is 0.959. The maximum atomic E-state index is 13.8. The molecule has 0 spiro atoms. The molecule has 0 atom stereocenters. The van der Waals surface area contributed by atoms with Gasteiger partial charge in [-0.1, -0.05) is 17.8 Å². The van der Waals surface area contributed by atoms with E-state index in [1.165, 1.54) is 6.07 Å². The molecule has 114 valence electrons. The van der Waals surface area contributed by atoms with E-state index in [2.05, 4.69) is 4.98 Å². The summed E-state index contributed by atoms with van der Waals surface area (Å²) in [6.45, 7) is 3.80. The zero-order chi connectivity index (χ0) is 15.2. The van der Waals surface area contributed by atoms with Crippen LogP contribution in [-0.4, -0.2) is 39.6 Å². The van der Waals surface area contributed by atoms with Gasteiger partial charge in [0, 0.05) is 19.8 Å². The molecule has 0 amide bonds. The zero-order valence-electron chi connectivity index (χ0n) is 11.7. The molecule has 21 heavy (non-hydrogen) atoms. The maximum Gasteiger partial charge on any atom is 0.313 e. The molecule has 0 radical (unpaired) electrons. The van der Waals surface area contributed by atoms with Crippen LogP contribution >= 0.6 is 11.8 Å². The van der Waals surface area contributed by atoms with E-state index in [1.54, 1.807) is 12.1 Å². The summed E-state index contributed by atoms with van der Waals surface area (Å²) < 4.78 is 20.9. The second-order valence-electron chi connectivity index (χ2n) is 4.39. The highest BCUT2D eigenvalue weighted by molar-refractivity contribution is 7.99. The second-order valence-corrected chi connectivity index (χ2v) is 5.33. The molecule has 5 nitrogen and oxygen atoms in total. The standard InChI is InChI=1S/C14H17FN2O3S/c1-2-20-8-4-7-17-11-6-3-5-10(15)13(11)16-14(17)21-9-12(18)19/h3,5-6H,2,4,7-9H2,1H3,(H,18,19). The number of aryl methyl sites for hydroxylation is 1. The van der Waals surface area contributed by atoms with Crippen LogP contribution in [0.2, 0.25) is 0 Å². The van der Waals surface area contributed by atoms with Crippen LogP contribution in [0.3, 0.4) is 0 Å². The Labute approximate surface area is 126 Å². The third-order valence-electron chi connectivity index (χ3n) is 2.89. The Hall–Kier alpha value is -1.60. The second kappa shape index (κ2) is 7.42. The van der Waals surface area contributed by atoms with Crippen molar-refractivity contribution in [3.63, 3.8) is 0 Å². The lowest BCUT2D eigenvalue weighted by Gasteiger charge is -2.08. The monoisotopic (exact) mass is 312 g/mol. The average Bonchev–Trinajstić information content (AvgIpc) is 2.81. The van der Waals surface area contributed by atoms with E-state index in [9.17, 15) is 9.18 Å². The van der Waals surface area contributed by atoms with Gasteiger partial charge in [-0.3, -0.25) is 4.79 Å². The molecule has 0 bridgehead atoms. The van der Waals surface area contributed by atoms with Gasteiger partial charge in [-0.05, 0) is 25.5 Å². The molecule has 0 aliphatic heterocycles. The van der Waals surface area contributed by atoms with Crippen molar-refractivity contribution in [1.29, 1.82) is 0 Å². The quantitative estimate of drug-likeness (QED) is 0.600. The number of aliphatic carboxylic acids is 1. The Balaban J connectivity index is 2.26. The lowest BCUT2D eigenvalue weighted by molar-refractivity contribution is -0.133. The lowest BCUT2D eigenvalue weighted by atomic mass is 10.3. The zero-order valence-corrected chi connectivity index (χ0v) is 12.5. The number of halogens is 1. The summed E-state index contributed by atoms with van der Waals surface area (Å²) in [5, 5.41) is 9.31. The molecule has 2 rings (SSSR count). The predicted octanol–water partition coefficient (Wildman–Crippen LogP) is 2.78. The molecule has 0 aliphatic carbocycles. The van der Waals surface area contributed by atoms with Gasteiger partial charge in [-0.15, -0.1) is 0 Å². The number of benzene rings is 1. The van der Waals surface area contributed by atoms with Gasteiger partial charge >= 0.3 is 5.97 Å². The summed E-state index contributed by atoms with van der Waals surface area (Å²) >= 11 is 1.10. The van der Waals surface area contributed by atoms with Gasteiger partial charge in [0.1, 0.15) is 5.52 Å². The number of ether oxygens (including phenoxy) is 1. The van der Waals surface area contributed by atoms with Gasteiger partial charge < -0.3 is 14.4 Å². The molecule has 0 saturated heterocycles.